The van der Waals surface area contributed by atoms with Crippen LogP contribution in [0.4, 0.5) is 0 Å². The Morgan fingerprint density at radius 2 is 1.00 bits per heavy atom. The number of allylic oxidation sites excluding steroid dienone is 8. The first-order valence-electron chi connectivity index (χ1n) is 21.4. The highest BCUT2D eigenvalue weighted by Crippen LogP contribution is 2.47. The van der Waals surface area contributed by atoms with E-state index in [9.17, 15) is 44.6 Å². The Morgan fingerprint density at radius 1 is 0.561 bits per heavy atom. The minimum atomic E-state index is -5.12. The van der Waals surface area contributed by atoms with Crippen molar-refractivity contribution in [1.29, 1.82) is 0 Å². The second-order valence-electron chi connectivity index (χ2n) is 14.8. The van der Waals surface area contributed by atoms with Crippen molar-refractivity contribution in [2.24, 2.45) is 0 Å². The highest BCUT2D eigenvalue weighted by molar-refractivity contribution is 7.47. The predicted octanol–water partition coefficient (Wildman–Crippen LogP) is 7.61. The number of hydrogen-bond acceptors (Lipinski definition) is 12. The number of unbranched alkanes of at least 4 members (excludes halogenated alkanes) is 14. The van der Waals surface area contributed by atoms with E-state index in [0.717, 1.165) is 89.9 Å². The lowest BCUT2D eigenvalue weighted by atomic mass is 9.85. The summed E-state index contributed by atoms with van der Waals surface area (Å²) in [5.41, 5.74) is 0. The summed E-state index contributed by atoms with van der Waals surface area (Å²) in [6, 6.07) is 0. The predicted molar refractivity (Wildman–Crippen MR) is 221 cm³/mol. The summed E-state index contributed by atoms with van der Waals surface area (Å²) in [5.74, 6) is -1.13. The van der Waals surface area contributed by atoms with Gasteiger partial charge in [0, 0.05) is 12.8 Å². The Labute approximate surface area is 341 Å². The first kappa shape index (κ1) is 52.8. The van der Waals surface area contributed by atoms with Gasteiger partial charge in [0.25, 0.3) is 0 Å². The third kappa shape index (κ3) is 26.5. The Balaban J connectivity index is 2.52. The van der Waals surface area contributed by atoms with Crippen molar-refractivity contribution in [2.75, 3.05) is 13.2 Å². The van der Waals surface area contributed by atoms with E-state index in [0.29, 0.717) is 12.8 Å². The van der Waals surface area contributed by atoms with E-state index in [2.05, 4.69) is 62.5 Å². The molecular formula is C43H75O13P. The van der Waals surface area contributed by atoms with Gasteiger partial charge < -0.3 is 39.9 Å². The number of aliphatic hydroxyl groups excluding tert-OH is 5. The first-order chi connectivity index (χ1) is 27.4. The van der Waals surface area contributed by atoms with Crippen LogP contribution in [0, 0.1) is 0 Å². The van der Waals surface area contributed by atoms with Gasteiger partial charge in [-0.25, -0.2) is 4.57 Å². The van der Waals surface area contributed by atoms with E-state index >= 15 is 0 Å². The number of ether oxygens (including phenoxy) is 2. The molecule has 0 aromatic rings. The molecule has 1 aliphatic rings. The van der Waals surface area contributed by atoms with Crippen LogP contribution in [0.15, 0.2) is 48.6 Å². The number of hydrogen-bond donors (Lipinski definition) is 6. The topological polar surface area (TPSA) is 210 Å². The number of aliphatic hydroxyl groups is 5. The van der Waals surface area contributed by atoms with Gasteiger partial charge in [-0.1, -0.05) is 120 Å². The standard InChI is InChI=1S/C43H75O13P/c1-3-5-7-9-11-13-15-17-18-20-22-24-26-28-30-32-37(45)55-35(34-54-57(51,52)56-43-41(49)39(47)38(46)40(48)42(43)50)33-53-36(44)31-29-27-25-23-21-19-16-14-12-10-8-6-4-2/h5,7,11,13-14,16-18,35,38-43,46-50H,3-4,6,8-10,12,15,19-34H2,1-2H3,(H,51,52)/b7-5+,13-11+,16-14+,18-17+/t35-,38?,39-,40?,41?,42?,43?/m1/s1. The molecule has 0 amide bonds. The average molecular weight is 831 g/mol. The second kappa shape index (κ2) is 33.6. The molecule has 0 bridgehead atoms. The van der Waals surface area contributed by atoms with Gasteiger partial charge in [0.1, 0.15) is 43.2 Å². The summed E-state index contributed by atoms with van der Waals surface area (Å²) in [6.45, 7) is 3.13. The molecular weight excluding hydrogens is 755 g/mol. The van der Waals surface area contributed by atoms with Crippen LogP contribution in [0.25, 0.3) is 0 Å². The number of carbonyl (C=O) groups is 2. The highest BCUT2D eigenvalue weighted by Gasteiger charge is 2.51. The van der Waals surface area contributed by atoms with Crippen LogP contribution < -0.4 is 0 Å². The molecule has 1 saturated carbocycles. The lowest BCUT2D eigenvalue weighted by molar-refractivity contribution is -0.220. The van der Waals surface area contributed by atoms with E-state index in [4.69, 9.17) is 18.5 Å². The van der Waals surface area contributed by atoms with Gasteiger partial charge in [0.15, 0.2) is 6.10 Å². The molecule has 1 aliphatic carbocycles. The Bertz CT molecular complexity index is 1190. The van der Waals surface area contributed by atoms with Crippen molar-refractivity contribution in [3.8, 4) is 0 Å². The minimum absolute atomic E-state index is 0.0741. The molecule has 6 N–H and O–H groups in total. The molecule has 1 rings (SSSR count). The maximum absolute atomic E-state index is 12.8. The normalized spacial score (nSPS) is 23.2. The van der Waals surface area contributed by atoms with Crippen molar-refractivity contribution < 1.29 is 63.1 Å². The van der Waals surface area contributed by atoms with E-state index in [1.165, 1.54) is 25.7 Å². The molecule has 0 radical (unpaired) electrons. The molecule has 0 aliphatic heterocycles. The minimum Gasteiger partial charge on any atom is -0.462 e. The van der Waals surface area contributed by atoms with Crippen LogP contribution >= 0.6 is 7.82 Å². The fourth-order valence-electron chi connectivity index (χ4n) is 6.18. The fraction of sp³-hybridized carbons (Fsp3) is 0.767. The molecule has 1 fully saturated rings. The van der Waals surface area contributed by atoms with Gasteiger partial charge in [0.05, 0.1) is 6.61 Å². The molecule has 0 spiro atoms. The zero-order chi connectivity index (χ0) is 42.2. The van der Waals surface area contributed by atoms with Crippen LogP contribution in [0.5, 0.6) is 0 Å². The van der Waals surface area contributed by atoms with Crippen molar-refractivity contribution >= 4 is 19.8 Å². The Kier molecular flexibility index (Phi) is 31.2. The quantitative estimate of drug-likeness (QED) is 0.0160. The number of phosphoric ester groups is 1. The number of phosphoric acid groups is 1. The van der Waals surface area contributed by atoms with Crippen molar-refractivity contribution in [2.45, 2.75) is 198 Å². The number of carbonyl (C=O) groups excluding carboxylic acids is 2. The van der Waals surface area contributed by atoms with Gasteiger partial charge in [-0.15, -0.1) is 0 Å². The second-order valence-corrected chi connectivity index (χ2v) is 16.2. The monoisotopic (exact) mass is 830 g/mol. The largest absolute Gasteiger partial charge is 0.472 e. The first-order valence-corrected chi connectivity index (χ1v) is 22.9. The van der Waals surface area contributed by atoms with E-state index in [-0.39, 0.29) is 12.8 Å². The Morgan fingerprint density at radius 3 is 1.54 bits per heavy atom. The summed E-state index contributed by atoms with van der Waals surface area (Å²) in [4.78, 5) is 35.6. The zero-order valence-electron chi connectivity index (χ0n) is 34.6. The van der Waals surface area contributed by atoms with E-state index in [1.807, 2.05) is 0 Å². The molecule has 0 heterocycles. The van der Waals surface area contributed by atoms with Gasteiger partial charge in [0.2, 0.25) is 0 Å². The molecule has 330 valence electrons. The lowest BCUT2D eigenvalue weighted by Gasteiger charge is -2.41. The molecule has 0 aromatic carbocycles. The lowest BCUT2D eigenvalue weighted by Crippen LogP contribution is -2.64. The van der Waals surface area contributed by atoms with Crippen LogP contribution in [-0.4, -0.2) is 98.3 Å². The SMILES string of the molecule is CC/C=C/C/C=C/C/C=C/CCCCCCCC(=O)O[C@H](COC(=O)CCCCCCC/C=C/CCCCCC)COP(=O)(O)OC1C(O)C(O)C(O)[C@@H](O)C1O. The Hall–Kier alpha value is -2.19. The molecule has 57 heavy (non-hydrogen) atoms. The van der Waals surface area contributed by atoms with Gasteiger partial charge in [-0.3, -0.25) is 18.6 Å². The maximum atomic E-state index is 12.8. The zero-order valence-corrected chi connectivity index (χ0v) is 35.5. The van der Waals surface area contributed by atoms with Crippen molar-refractivity contribution in [1.82, 2.24) is 0 Å². The van der Waals surface area contributed by atoms with Crippen LogP contribution in [0.1, 0.15) is 155 Å². The summed E-state index contributed by atoms with van der Waals surface area (Å²) in [6.07, 6.45) is 24.6. The molecule has 13 nitrogen and oxygen atoms in total. The number of rotatable bonds is 34. The summed E-state index contributed by atoms with van der Waals surface area (Å²) < 4.78 is 33.4. The van der Waals surface area contributed by atoms with Crippen molar-refractivity contribution in [3.05, 3.63) is 48.6 Å². The highest BCUT2D eigenvalue weighted by atomic mass is 31.2. The van der Waals surface area contributed by atoms with Gasteiger partial charge >= 0.3 is 19.8 Å². The third-order valence-electron chi connectivity index (χ3n) is 9.65. The smallest absolute Gasteiger partial charge is 0.462 e. The summed E-state index contributed by atoms with van der Waals surface area (Å²) in [5, 5.41) is 50.0. The fourth-order valence-corrected chi connectivity index (χ4v) is 7.15. The number of esters is 2. The molecule has 0 saturated heterocycles. The van der Waals surface area contributed by atoms with Crippen LogP contribution in [-0.2, 0) is 32.7 Å². The molecule has 6 unspecified atom stereocenters. The average Bonchev–Trinajstić information content (AvgIpc) is 3.19. The molecule has 0 aromatic heterocycles. The molecule has 8 atom stereocenters. The van der Waals surface area contributed by atoms with E-state index in [1.54, 1.807) is 0 Å². The van der Waals surface area contributed by atoms with Crippen LogP contribution in [0.3, 0.4) is 0 Å². The van der Waals surface area contributed by atoms with Gasteiger partial charge in [-0.05, 0) is 70.6 Å². The van der Waals surface area contributed by atoms with Crippen LogP contribution in [0.2, 0.25) is 0 Å². The van der Waals surface area contributed by atoms with Crippen molar-refractivity contribution in [3.63, 3.8) is 0 Å². The molecule has 14 heteroatoms. The third-order valence-corrected chi connectivity index (χ3v) is 10.6. The maximum Gasteiger partial charge on any atom is 0.472 e. The van der Waals surface area contributed by atoms with E-state index < -0.39 is 75.7 Å². The summed E-state index contributed by atoms with van der Waals surface area (Å²) >= 11 is 0. The summed E-state index contributed by atoms with van der Waals surface area (Å²) in [7, 11) is -5.12. The van der Waals surface area contributed by atoms with Gasteiger partial charge in [-0.2, -0.15) is 0 Å².